The fraction of sp³-hybridized carbons (Fsp3) is 0.240. The number of nitrogens with zero attached hydrogens (tertiary/aromatic N) is 1. The van der Waals surface area contributed by atoms with Crippen LogP contribution in [0.2, 0.25) is 0 Å². The van der Waals surface area contributed by atoms with E-state index in [-0.39, 0.29) is 18.0 Å². The van der Waals surface area contributed by atoms with Crippen molar-refractivity contribution in [3.63, 3.8) is 0 Å². The lowest BCUT2D eigenvalue weighted by Crippen LogP contribution is -2.38. The highest BCUT2D eigenvalue weighted by Crippen LogP contribution is 2.26. The van der Waals surface area contributed by atoms with E-state index in [1.807, 2.05) is 49.4 Å². The molecule has 0 fully saturated rings. The fourth-order valence-corrected chi connectivity index (χ4v) is 5.57. The van der Waals surface area contributed by atoms with Gasteiger partial charge < -0.3 is 10.1 Å². The number of hydrogen-bond acceptors (Lipinski definition) is 4. The van der Waals surface area contributed by atoms with E-state index in [4.69, 9.17) is 4.74 Å². The number of nitrogens with one attached hydrogen (secondary N) is 1. The molecule has 0 radical (unpaired) electrons. The Labute approximate surface area is 189 Å². The molecule has 0 aliphatic heterocycles. The van der Waals surface area contributed by atoms with Gasteiger partial charge in [-0.1, -0.05) is 54.1 Å². The molecule has 0 atom stereocenters. The second kappa shape index (κ2) is 9.97. The molecule has 0 saturated heterocycles. The number of carbonyl (C=O) groups excluding carboxylic acids is 1. The first-order valence-corrected chi connectivity index (χ1v) is 11.7. The van der Waals surface area contributed by atoms with E-state index >= 15 is 0 Å². The van der Waals surface area contributed by atoms with E-state index in [9.17, 15) is 13.2 Å². The van der Waals surface area contributed by atoms with Gasteiger partial charge in [0.25, 0.3) is 0 Å². The van der Waals surface area contributed by atoms with E-state index in [0.717, 1.165) is 11.1 Å². The maximum absolute atomic E-state index is 13.7. The molecular formula is C25H28N2O4S. The van der Waals surface area contributed by atoms with Crippen molar-refractivity contribution in [3.05, 3.63) is 89.0 Å². The molecule has 0 unspecified atom stereocenters. The van der Waals surface area contributed by atoms with Crippen molar-refractivity contribution in [2.24, 2.45) is 0 Å². The molecule has 3 rings (SSSR count). The molecule has 0 aliphatic carbocycles. The largest absolute Gasteiger partial charge is 0.497 e. The first-order valence-electron chi connectivity index (χ1n) is 10.3. The second-order valence-corrected chi connectivity index (χ2v) is 9.64. The number of anilines is 1. The fourth-order valence-electron chi connectivity index (χ4n) is 3.78. The second-order valence-electron chi connectivity index (χ2n) is 7.77. The van der Waals surface area contributed by atoms with Crippen LogP contribution in [0.4, 0.5) is 5.69 Å². The van der Waals surface area contributed by atoms with E-state index in [1.54, 1.807) is 45.2 Å². The summed E-state index contributed by atoms with van der Waals surface area (Å²) in [6, 6.07) is 19.9. The zero-order valence-corrected chi connectivity index (χ0v) is 19.6. The van der Waals surface area contributed by atoms with Crippen LogP contribution in [0.15, 0.2) is 71.6 Å². The van der Waals surface area contributed by atoms with Crippen LogP contribution in [0.3, 0.4) is 0 Å². The Bertz CT molecular complexity index is 1180. The molecule has 3 aromatic rings. The Kier molecular flexibility index (Phi) is 7.33. The average Bonchev–Trinajstić information content (AvgIpc) is 2.73. The van der Waals surface area contributed by atoms with Gasteiger partial charge in [-0.15, -0.1) is 0 Å². The summed E-state index contributed by atoms with van der Waals surface area (Å²) in [7, 11) is -2.39. The van der Waals surface area contributed by atoms with Gasteiger partial charge in [0.2, 0.25) is 15.9 Å². The monoisotopic (exact) mass is 452 g/mol. The van der Waals surface area contributed by atoms with E-state index < -0.39 is 15.9 Å². The van der Waals surface area contributed by atoms with Gasteiger partial charge >= 0.3 is 0 Å². The van der Waals surface area contributed by atoms with E-state index in [0.29, 0.717) is 22.6 Å². The highest BCUT2D eigenvalue weighted by molar-refractivity contribution is 7.89. The summed E-state index contributed by atoms with van der Waals surface area (Å²) in [5, 5.41) is 2.77. The molecule has 1 N–H and O–H groups in total. The minimum Gasteiger partial charge on any atom is -0.497 e. The summed E-state index contributed by atoms with van der Waals surface area (Å²) < 4.78 is 33.8. The third-order valence-electron chi connectivity index (χ3n) is 5.08. The molecule has 0 bridgehead atoms. The quantitative estimate of drug-likeness (QED) is 0.548. The third-order valence-corrected chi connectivity index (χ3v) is 7.18. The molecular weight excluding hydrogens is 424 g/mol. The first kappa shape index (κ1) is 23.5. The van der Waals surface area contributed by atoms with Gasteiger partial charge in [0, 0.05) is 18.3 Å². The smallest absolute Gasteiger partial charge is 0.244 e. The van der Waals surface area contributed by atoms with Crippen LogP contribution in [0, 0.1) is 20.8 Å². The highest BCUT2D eigenvalue weighted by atomic mass is 32.2. The maximum Gasteiger partial charge on any atom is 0.244 e. The lowest BCUT2D eigenvalue weighted by atomic mass is 10.1. The molecule has 168 valence electrons. The number of hydrogen-bond donors (Lipinski definition) is 1. The summed E-state index contributed by atoms with van der Waals surface area (Å²) in [4.78, 5) is 13.1. The maximum atomic E-state index is 13.7. The molecule has 3 aromatic carbocycles. The van der Waals surface area contributed by atoms with Crippen molar-refractivity contribution in [1.29, 1.82) is 0 Å². The van der Waals surface area contributed by atoms with Crippen LogP contribution in [0.25, 0.3) is 0 Å². The van der Waals surface area contributed by atoms with Crippen molar-refractivity contribution in [2.75, 3.05) is 19.0 Å². The van der Waals surface area contributed by atoms with Gasteiger partial charge in [0.05, 0.1) is 18.6 Å². The zero-order chi connectivity index (χ0) is 23.3. The predicted molar refractivity (Wildman–Crippen MR) is 126 cm³/mol. The molecule has 0 aromatic heterocycles. The summed E-state index contributed by atoms with van der Waals surface area (Å²) in [5.74, 6) is 0.169. The van der Waals surface area contributed by atoms with Crippen LogP contribution in [0.5, 0.6) is 5.75 Å². The number of sulfonamides is 1. The van der Waals surface area contributed by atoms with Crippen LogP contribution in [0.1, 0.15) is 22.3 Å². The molecule has 0 spiro atoms. The summed E-state index contributed by atoms with van der Waals surface area (Å²) >= 11 is 0. The number of rotatable bonds is 8. The number of methoxy groups -OCH3 is 1. The Hall–Kier alpha value is -3.16. The van der Waals surface area contributed by atoms with Gasteiger partial charge in [-0.05, 0) is 49.6 Å². The average molecular weight is 453 g/mol. The van der Waals surface area contributed by atoms with Crippen LogP contribution in [-0.4, -0.2) is 32.3 Å². The minimum atomic E-state index is -3.93. The number of amides is 1. The van der Waals surface area contributed by atoms with Crippen molar-refractivity contribution in [2.45, 2.75) is 32.2 Å². The molecule has 6 nitrogen and oxygen atoms in total. The van der Waals surface area contributed by atoms with E-state index in [2.05, 4.69) is 5.32 Å². The van der Waals surface area contributed by atoms with Crippen molar-refractivity contribution in [3.8, 4) is 5.75 Å². The SMILES string of the molecule is COc1cccc(NC(=O)CN(Cc2ccccc2)S(=O)(=O)c2c(C)cc(C)cc2C)c1. The Morgan fingerprint density at radius 1 is 0.938 bits per heavy atom. The predicted octanol–water partition coefficient (Wildman–Crippen LogP) is 4.45. The minimum absolute atomic E-state index is 0.0848. The summed E-state index contributed by atoms with van der Waals surface area (Å²) in [6.07, 6.45) is 0. The van der Waals surface area contributed by atoms with Gasteiger partial charge in [-0.3, -0.25) is 4.79 Å². The third kappa shape index (κ3) is 5.55. The Balaban J connectivity index is 1.94. The summed E-state index contributed by atoms with van der Waals surface area (Å²) in [5.41, 5.74) is 3.65. The molecule has 1 amide bonds. The first-order chi connectivity index (χ1) is 15.2. The van der Waals surface area contributed by atoms with Crippen LogP contribution >= 0.6 is 0 Å². The van der Waals surface area contributed by atoms with Gasteiger partial charge in [0.1, 0.15) is 5.75 Å². The van der Waals surface area contributed by atoms with E-state index in [1.165, 1.54) is 4.31 Å². The number of ether oxygens (including phenoxy) is 1. The van der Waals surface area contributed by atoms with Crippen molar-refractivity contribution >= 4 is 21.6 Å². The zero-order valence-electron chi connectivity index (χ0n) is 18.8. The molecule has 0 aliphatic rings. The molecule has 7 heteroatoms. The van der Waals surface area contributed by atoms with Gasteiger partial charge in [0.15, 0.2) is 0 Å². The Morgan fingerprint density at radius 2 is 1.59 bits per heavy atom. The molecule has 32 heavy (non-hydrogen) atoms. The lowest BCUT2D eigenvalue weighted by molar-refractivity contribution is -0.116. The van der Waals surface area contributed by atoms with Gasteiger partial charge in [-0.2, -0.15) is 4.31 Å². The van der Waals surface area contributed by atoms with Crippen LogP contribution in [-0.2, 0) is 21.4 Å². The molecule has 0 saturated carbocycles. The number of aryl methyl sites for hydroxylation is 3. The number of carbonyl (C=O) groups is 1. The Morgan fingerprint density at radius 3 is 2.22 bits per heavy atom. The normalized spacial score (nSPS) is 11.4. The number of benzene rings is 3. The molecule has 0 heterocycles. The standard InChI is InChI=1S/C25H28N2O4S/c1-18-13-19(2)25(20(3)14-18)32(29,30)27(16-21-9-6-5-7-10-21)17-24(28)26-22-11-8-12-23(15-22)31-4/h5-15H,16-17H2,1-4H3,(H,26,28). The summed E-state index contributed by atoms with van der Waals surface area (Å²) in [6.45, 7) is 5.26. The van der Waals surface area contributed by atoms with Crippen molar-refractivity contribution < 1.29 is 17.9 Å². The van der Waals surface area contributed by atoms with Gasteiger partial charge in [-0.25, -0.2) is 8.42 Å². The van der Waals surface area contributed by atoms with Crippen LogP contribution < -0.4 is 10.1 Å². The lowest BCUT2D eigenvalue weighted by Gasteiger charge is -2.24. The van der Waals surface area contributed by atoms with Crippen molar-refractivity contribution in [1.82, 2.24) is 4.31 Å². The topological polar surface area (TPSA) is 75.7 Å². The highest BCUT2D eigenvalue weighted by Gasteiger charge is 2.30.